The molecule has 2 rings (SSSR count). The lowest BCUT2D eigenvalue weighted by molar-refractivity contribution is -0.231. The topological polar surface area (TPSA) is 73.9 Å². The van der Waals surface area contributed by atoms with Crippen LogP contribution in [0.1, 0.15) is 17.3 Å². The fourth-order valence-corrected chi connectivity index (χ4v) is 2.61. The Morgan fingerprint density at radius 1 is 1.11 bits per heavy atom. The molecule has 0 aliphatic carbocycles. The quantitative estimate of drug-likeness (QED) is 0.419. The van der Waals surface area contributed by atoms with Gasteiger partial charge in [-0.1, -0.05) is 0 Å². The van der Waals surface area contributed by atoms with E-state index in [0.717, 1.165) is 24.3 Å². The molecule has 1 saturated heterocycles. The normalized spacial score (nSPS) is 18.4. The fraction of sp³-hybridized carbons (Fsp3) is 0.529. The molecule has 1 atom stereocenters. The molecule has 7 nitrogen and oxygen atoms in total. The van der Waals surface area contributed by atoms with Crippen LogP contribution < -0.4 is 10.7 Å². The van der Waals surface area contributed by atoms with Gasteiger partial charge in [-0.2, -0.15) is 13.2 Å². The predicted octanol–water partition coefficient (Wildman–Crippen LogP) is 1.13. The molecule has 28 heavy (non-hydrogen) atoms. The molecule has 1 aliphatic heterocycles. The molecule has 1 heterocycles. The van der Waals surface area contributed by atoms with Crippen molar-refractivity contribution < 1.29 is 31.9 Å². The first-order valence-electron chi connectivity index (χ1n) is 8.62. The third-order valence-electron chi connectivity index (χ3n) is 4.24. The lowest BCUT2D eigenvalue weighted by atomic mass is 10.1. The molecule has 0 aromatic heterocycles. The van der Waals surface area contributed by atoms with Crippen molar-refractivity contribution in [2.45, 2.75) is 18.8 Å². The Morgan fingerprint density at radius 3 is 2.18 bits per heavy atom. The number of piperazine rings is 1. The SMILES string of the molecule is CCOC(=O)[C@@](NC(=O)c1ccc(F)cc1)(NN1CCN(C)CC1)C(F)(F)F. The van der Waals surface area contributed by atoms with Gasteiger partial charge < -0.3 is 15.0 Å². The molecule has 1 aromatic carbocycles. The first-order chi connectivity index (χ1) is 13.1. The average Bonchev–Trinajstić information content (AvgIpc) is 2.62. The molecule has 11 heteroatoms. The summed E-state index contributed by atoms with van der Waals surface area (Å²) in [5.74, 6) is -3.54. The Balaban J connectivity index is 2.36. The van der Waals surface area contributed by atoms with E-state index in [4.69, 9.17) is 0 Å². The highest BCUT2D eigenvalue weighted by Crippen LogP contribution is 2.31. The Hall–Kier alpha value is -2.24. The summed E-state index contributed by atoms with van der Waals surface area (Å²) in [6, 6.07) is 3.91. The van der Waals surface area contributed by atoms with E-state index in [1.54, 1.807) is 5.32 Å². The zero-order valence-corrected chi connectivity index (χ0v) is 15.5. The molecule has 0 spiro atoms. The summed E-state index contributed by atoms with van der Waals surface area (Å²) in [5, 5.41) is 2.94. The highest BCUT2D eigenvalue weighted by Gasteiger charge is 2.64. The zero-order valence-electron chi connectivity index (χ0n) is 15.5. The summed E-state index contributed by atoms with van der Waals surface area (Å²) >= 11 is 0. The highest BCUT2D eigenvalue weighted by atomic mass is 19.4. The Labute approximate surface area is 159 Å². The maximum absolute atomic E-state index is 14.0. The number of rotatable bonds is 6. The molecule has 0 radical (unpaired) electrons. The number of nitrogens with zero attached hydrogens (tertiary/aromatic N) is 2. The lowest BCUT2D eigenvalue weighted by Gasteiger charge is -2.41. The van der Waals surface area contributed by atoms with E-state index in [2.05, 4.69) is 10.2 Å². The van der Waals surface area contributed by atoms with Gasteiger partial charge in [-0.15, -0.1) is 0 Å². The van der Waals surface area contributed by atoms with Crippen LogP contribution in [0.5, 0.6) is 0 Å². The lowest BCUT2D eigenvalue weighted by Crippen LogP contribution is -2.76. The second kappa shape index (κ2) is 8.84. The number of nitrogens with one attached hydrogen (secondary N) is 2. The van der Waals surface area contributed by atoms with Crippen LogP contribution in [0.15, 0.2) is 24.3 Å². The van der Waals surface area contributed by atoms with Gasteiger partial charge in [0.05, 0.1) is 6.61 Å². The van der Waals surface area contributed by atoms with Gasteiger partial charge in [-0.25, -0.2) is 19.6 Å². The van der Waals surface area contributed by atoms with Crippen molar-refractivity contribution in [1.82, 2.24) is 20.7 Å². The molecule has 1 amide bonds. The molecule has 0 unspecified atom stereocenters. The second-order valence-electron chi connectivity index (χ2n) is 6.33. The van der Waals surface area contributed by atoms with Crippen LogP contribution >= 0.6 is 0 Å². The van der Waals surface area contributed by atoms with E-state index in [9.17, 15) is 27.2 Å². The summed E-state index contributed by atoms with van der Waals surface area (Å²) in [5.41, 5.74) is -1.59. The standard InChI is InChI=1S/C17H22F4N4O3/c1-3-28-15(27)16(17(19,20)21,23-25-10-8-24(2)9-11-25)22-14(26)12-4-6-13(18)7-5-12/h4-7,23H,3,8-11H2,1-2H3,(H,22,26)/t16-/m1/s1. The van der Waals surface area contributed by atoms with Gasteiger partial charge in [-0.3, -0.25) is 4.79 Å². The molecule has 156 valence electrons. The molecule has 0 saturated carbocycles. The molecule has 1 aliphatic rings. The van der Waals surface area contributed by atoms with Crippen LogP contribution in [0.2, 0.25) is 0 Å². The largest absolute Gasteiger partial charge is 0.463 e. The third-order valence-corrected chi connectivity index (χ3v) is 4.24. The van der Waals surface area contributed by atoms with Gasteiger partial charge in [0.2, 0.25) is 0 Å². The van der Waals surface area contributed by atoms with E-state index < -0.39 is 29.5 Å². The van der Waals surface area contributed by atoms with Crippen LogP contribution in [0.25, 0.3) is 0 Å². The van der Waals surface area contributed by atoms with Gasteiger partial charge in [0, 0.05) is 31.7 Å². The highest BCUT2D eigenvalue weighted by molar-refractivity contribution is 5.98. The number of hydrogen-bond donors (Lipinski definition) is 2. The van der Waals surface area contributed by atoms with Gasteiger partial charge in [0.25, 0.3) is 5.91 Å². The predicted molar refractivity (Wildman–Crippen MR) is 91.5 cm³/mol. The van der Waals surface area contributed by atoms with Gasteiger partial charge in [0.1, 0.15) is 5.82 Å². The molecular formula is C17H22F4N4O3. The summed E-state index contributed by atoms with van der Waals surface area (Å²) < 4.78 is 59.8. The number of alkyl halides is 3. The number of carbonyl (C=O) groups excluding carboxylic acids is 2. The van der Waals surface area contributed by atoms with Crippen molar-refractivity contribution in [2.75, 3.05) is 39.8 Å². The molecule has 1 fully saturated rings. The van der Waals surface area contributed by atoms with Gasteiger partial charge >= 0.3 is 17.8 Å². The fourth-order valence-electron chi connectivity index (χ4n) is 2.61. The zero-order chi connectivity index (χ0) is 20.9. The van der Waals surface area contributed by atoms with Gasteiger partial charge in [-0.05, 0) is 38.2 Å². The van der Waals surface area contributed by atoms with Crippen molar-refractivity contribution in [3.63, 3.8) is 0 Å². The van der Waals surface area contributed by atoms with E-state index in [-0.39, 0.29) is 25.3 Å². The summed E-state index contributed by atoms with van der Waals surface area (Å²) in [6.07, 6.45) is -5.21. The molecule has 2 N–H and O–H groups in total. The number of hydrazine groups is 1. The summed E-state index contributed by atoms with van der Waals surface area (Å²) in [6.45, 7) is 2.37. The first-order valence-corrected chi connectivity index (χ1v) is 8.62. The number of ether oxygens (including phenoxy) is 1. The Morgan fingerprint density at radius 2 is 1.68 bits per heavy atom. The van der Waals surface area contributed by atoms with Crippen molar-refractivity contribution >= 4 is 11.9 Å². The summed E-state index contributed by atoms with van der Waals surface area (Å²) in [7, 11) is 1.82. The van der Waals surface area contributed by atoms with Crippen LogP contribution in [0.3, 0.4) is 0 Å². The molecule has 1 aromatic rings. The van der Waals surface area contributed by atoms with Crippen molar-refractivity contribution in [1.29, 1.82) is 0 Å². The van der Waals surface area contributed by atoms with Crippen molar-refractivity contribution in [3.8, 4) is 0 Å². The molecular weight excluding hydrogens is 384 g/mol. The van der Waals surface area contributed by atoms with Crippen LogP contribution in [-0.4, -0.2) is 73.5 Å². The Bertz CT molecular complexity index is 691. The van der Waals surface area contributed by atoms with Crippen LogP contribution in [-0.2, 0) is 9.53 Å². The first kappa shape index (κ1) is 22.1. The number of esters is 1. The van der Waals surface area contributed by atoms with E-state index >= 15 is 0 Å². The molecule has 0 bridgehead atoms. The minimum absolute atomic E-state index is 0.195. The van der Waals surface area contributed by atoms with E-state index in [1.807, 2.05) is 11.9 Å². The smallest absolute Gasteiger partial charge is 0.437 e. The average molecular weight is 406 g/mol. The maximum atomic E-state index is 14.0. The maximum Gasteiger partial charge on any atom is 0.437 e. The second-order valence-corrected chi connectivity index (χ2v) is 6.33. The van der Waals surface area contributed by atoms with Crippen molar-refractivity contribution in [3.05, 3.63) is 35.6 Å². The van der Waals surface area contributed by atoms with Gasteiger partial charge in [0.15, 0.2) is 0 Å². The number of benzene rings is 1. The minimum atomic E-state index is -5.21. The third kappa shape index (κ3) is 4.97. The Kier molecular flexibility index (Phi) is 6.96. The number of amides is 1. The monoisotopic (exact) mass is 406 g/mol. The number of hydrogen-bond acceptors (Lipinski definition) is 6. The van der Waals surface area contributed by atoms with E-state index in [0.29, 0.717) is 13.1 Å². The van der Waals surface area contributed by atoms with Crippen LogP contribution in [0.4, 0.5) is 17.6 Å². The van der Waals surface area contributed by atoms with E-state index in [1.165, 1.54) is 11.9 Å². The number of halogens is 4. The number of likely N-dealkylation sites (N-methyl/N-ethyl adjacent to an activating group) is 1. The number of carbonyl (C=O) groups is 2. The van der Waals surface area contributed by atoms with Crippen molar-refractivity contribution in [2.24, 2.45) is 0 Å². The summed E-state index contributed by atoms with van der Waals surface area (Å²) in [4.78, 5) is 26.7. The minimum Gasteiger partial charge on any atom is -0.463 e. The van der Waals surface area contributed by atoms with Crippen LogP contribution in [0, 0.1) is 5.82 Å².